The van der Waals surface area contributed by atoms with Crippen LogP contribution >= 0.6 is 0 Å². The molecule has 2 N–H and O–H groups in total. The first kappa shape index (κ1) is 13.9. The topological polar surface area (TPSA) is 67.2 Å². The Morgan fingerprint density at radius 3 is 2.64 bits per heavy atom. The average molecular weight is 293 g/mol. The van der Waals surface area contributed by atoms with Gasteiger partial charge >= 0.3 is 0 Å². The highest BCUT2D eigenvalue weighted by Gasteiger charge is 2.15. The van der Waals surface area contributed by atoms with E-state index in [9.17, 15) is 9.90 Å². The van der Waals surface area contributed by atoms with Gasteiger partial charge in [0.25, 0.3) is 5.91 Å². The van der Waals surface area contributed by atoms with E-state index in [-0.39, 0.29) is 11.7 Å². The van der Waals surface area contributed by atoms with Gasteiger partial charge in [0.1, 0.15) is 5.75 Å². The molecule has 0 radical (unpaired) electrons. The normalized spacial score (nSPS) is 10.4. The molecule has 0 aliphatic rings. The predicted octanol–water partition coefficient (Wildman–Crippen LogP) is 3.14. The highest BCUT2D eigenvalue weighted by molar-refractivity contribution is 6.05. The van der Waals surface area contributed by atoms with Crippen LogP contribution in [0.15, 0.2) is 60.8 Å². The summed E-state index contributed by atoms with van der Waals surface area (Å²) in [5.41, 5.74) is 2.68. The minimum atomic E-state index is -0.259. The minimum Gasteiger partial charge on any atom is -0.508 e. The van der Waals surface area contributed by atoms with E-state index in [1.54, 1.807) is 29.1 Å². The first-order valence-corrected chi connectivity index (χ1v) is 6.85. The Hall–Kier alpha value is -3.08. The summed E-state index contributed by atoms with van der Waals surface area (Å²) < 4.78 is 1.72. The molecule has 0 saturated carbocycles. The maximum absolute atomic E-state index is 12.3. The van der Waals surface area contributed by atoms with E-state index in [0.717, 1.165) is 11.4 Å². The third kappa shape index (κ3) is 2.69. The average Bonchev–Trinajstić information content (AvgIpc) is 2.90. The summed E-state index contributed by atoms with van der Waals surface area (Å²) in [5, 5.41) is 16.5. The summed E-state index contributed by atoms with van der Waals surface area (Å²) in [5.74, 6) is -0.153. The lowest BCUT2D eigenvalue weighted by atomic mass is 10.2. The first-order valence-electron chi connectivity index (χ1n) is 6.85. The monoisotopic (exact) mass is 293 g/mol. The molecule has 0 atom stereocenters. The molecule has 1 heterocycles. The zero-order valence-electron chi connectivity index (χ0n) is 12.0. The molecule has 1 aromatic heterocycles. The number of anilines is 1. The molecule has 0 aliphatic carbocycles. The van der Waals surface area contributed by atoms with Gasteiger partial charge in [-0.05, 0) is 31.2 Å². The molecule has 1 amide bonds. The van der Waals surface area contributed by atoms with Gasteiger partial charge in [-0.25, -0.2) is 4.68 Å². The van der Waals surface area contributed by atoms with Crippen molar-refractivity contribution in [3.05, 3.63) is 72.1 Å². The van der Waals surface area contributed by atoms with Crippen LogP contribution in [0.3, 0.4) is 0 Å². The van der Waals surface area contributed by atoms with E-state index in [2.05, 4.69) is 10.4 Å². The van der Waals surface area contributed by atoms with E-state index in [1.165, 1.54) is 6.07 Å². The molecule has 0 spiro atoms. The fourth-order valence-corrected chi connectivity index (χ4v) is 2.24. The third-order valence-electron chi connectivity index (χ3n) is 3.36. The van der Waals surface area contributed by atoms with Crippen molar-refractivity contribution in [1.29, 1.82) is 0 Å². The fraction of sp³-hybridized carbons (Fsp3) is 0.0588. The van der Waals surface area contributed by atoms with Crippen molar-refractivity contribution >= 4 is 11.6 Å². The van der Waals surface area contributed by atoms with Gasteiger partial charge in [0.15, 0.2) is 0 Å². The van der Waals surface area contributed by atoms with Gasteiger partial charge in [0, 0.05) is 11.8 Å². The number of phenols is 1. The first-order chi connectivity index (χ1) is 10.6. The number of carbonyl (C=O) groups is 1. The zero-order valence-corrected chi connectivity index (χ0v) is 12.0. The molecule has 5 nitrogen and oxygen atoms in total. The molecule has 3 rings (SSSR count). The molecule has 0 bridgehead atoms. The number of aromatic nitrogens is 2. The summed E-state index contributed by atoms with van der Waals surface area (Å²) in [6.07, 6.45) is 1.54. The van der Waals surface area contributed by atoms with E-state index in [4.69, 9.17) is 0 Å². The van der Waals surface area contributed by atoms with Crippen LogP contribution in [0.5, 0.6) is 5.75 Å². The fourth-order valence-electron chi connectivity index (χ4n) is 2.24. The SMILES string of the molecule is Cc1c(C(=O)Nc2cccc(O)c2)cnn1-c1ccccc1. The van der Waals surface area contributed by atoms with E-state index >= 15 is 0 Å². The summed E-state index contributed by atoms with van der Waals surface area (Å²) >= 11 is 0. The Kier molecular flexibility index (Phi) is 3.62. The number of hydrogen-bond acceptors (Lipinski definition) is 3. The van der Waals surface area contributed by atoms with Crippen molar-refractivity contribution in [2.24, 2.45) is 0 Å². The van der Waals surface area contributed by atoms with Crippen molar-refractivity contribution < 1.29 is 9.90 Å². The van der Waals surface area contributed by atoms with Crippen LogP contribution < -0.4 is 5.32 Å². The van der Waals surface area contributed by atoms with Gasteiger partial charge < -0.3 is 10.4 Å². The standard InChI is InChI=1S/C17H15N3O2/c1-12-16(11-18-20(12)14-7-3-2-4-8-14)17(22)19-13-6-5-9-15(21)10-13/h2-11,21H,1H3,(H,19,22). The lowest BCUT2D eigenvalue weighted by Gasteiger charge is -2.07. The Morgan fingerprint density at radius 2 is 1.91 bits per heavy atom. The highest BCUT2D eigenvalue weighted by atomic mass is 16.3. The molecule has 5 heteroatoms. The Balaban J connectivity index is 1.87. The van der Waals surface area contributed by atoms with Crippen LogP contribution in [-0.4, -0.2) is 20.8 Å². The molecule has 0 saturated heterocycles. The summed E-state index contributed by atoms with van der Waals surface area (Å²) in [7, 11) is 0. The molecular weight excluding hydrogens is 278 g/mol. The summed E-state index contributed by atoms with van der Waals surface area (Å²) in [4.78, 5) is 12.3. The molecular formula is C17H15N3O2. The van der Waals surface area contributed by atoms with E-state index in [1.807, 2.05) is 37.3 Å². The third-order valence-corrected chi connectivity index (χ3v) is 3.36. The Morgan fingerprint density at radius 1 is 1.14 bits per heavy atom. The Bertz CT molecular complexity index is 810. The number of benzene rings is 2. The largest absolute Gasteiger partial charge is 0.508 e. The second kappa shape index (κ2) is 5.73. The molecule has 3 aromatic rings. The van der Waals surface area contributed by atoms with Gasteiger partial charge in [-0.1, -0.05) is 24.3 Å². The number of nitrogens with zero attached hydrogens (tertiary/aromatic N) is 2. The summed E-state index contributed by atoms with van der Waals surface area (Å²) in [6.45, 7) is 1.84. The zero-order chi connectivity index (χ0) is 15.5. The van der Waals surface area contributed by atoms with Crippen molar-refractivity contribution in [2.45, 2.75) is 6.92 Å². The van der Waals surface area contributed by atoms with E-state index < -0.39 is 0 Å². The number of amides is 1. The predicted molar refractivity (Wildman–Crippen MR) is 84.4 cm³/mol. The number of phenolic OH excluding ortho intramolecular Hbond substituents is 1. The van der Waals surface area contributed by atoms with Gasteiger partial charge in [-0.15, -0.1) is 0 Å². The second-order valence-corrected chi connectivity index (χ2v) is 4.90. The number of para-hydroxylation sites is 1. The van der Waals surface area contributed by atoms with Crippen molar-refractivity contribution in [3.63, 3.8) is 0 Å². The lowest BCUT2D eigenvalue weighted by Crippen LogP contribution is -2.13. The quantitative estimate of drug-likeness (QED) is 0.779. The van der Waals surface area contributed by atoms with Crippen LogP contribution in [0, 0.1) is 6.92 Å². The van der Waals surface area contributed by atoms with Crippen molar-refractivity contribution in [2.75, 3.05) is 5.32 Å². The van der Waals surface area contributed by atoms with Gasteiger partial charge in [-0.3, -0.25) is 4.79 Å². The van der Waals surface area contributed by atoms with Crippen LogP contribution in [0.2, 0.25) is 0 Å². The lowest BCUT2D eigenvalue weighted by molar-refractivity contribution is 0.102. The molecule has 0 aliphatic heterocycles. The molecule has 110 valence electrons. The molecule has 0 fully saturated rings. The molecule has 0 unspecified atom stereocenters. The summed E-state index contributed by atoms with van der Waals surface area (Å²) in [6, 6.07) is 16.1. The Labute approximate surface area is 127 Å². The van der Waals surface area contributed by atoms with Crippen LogP contribution in [0.4, 0.5) is 5.69 Å². The molecule has 22 heavy (non-hydrogen) atoms. The minimum absolute atomic E-state index is 0.106. The van der Waals surface area contributed by atoms with Gasteiger partial charge in [0.2, 0.25) is 0 Å². The number of aromatic hydroxyl groups is 1. The maximum Gasteiger partial charge on any atom is 0.259 e. The second-order valence-electron chi connectivity index (χ2n) is 4.90. The van der Waals surface area contributed by atoms with Crippen LogP contribution in [0.1, 0.15) is 16.1 Å². The highest BCUT2D eigenvalue weighted by Crippen LogP contribution is 2.18. The number of nitrogens with one attached hydrogen (secondary N) is 1. The van der Waals surface area contributed by atoms with E-state index in [0.29, 0.717) is 11.3 Å². The smallest absolute Gasteiger partial charge is 0.259 e. The van der Waals surface area contributed by atoms with Gasteiger partial charge in [0.05, 0.1) is 23.1 Å². The van der Waals surface area contributed by atoms with Crippen LogP contribution in [-0.2, 0) is 0 Å². The molecule has 2 aromatic carbocycles. The number of hydrogen-bond donors (Lipinski definition) is 2. The maximum atomic E-state index is 12.3. The number of carbonyl (C=O) groups excluding carboxylic acids is 1. The van der Waals surface area contributed by atoms with Gasteiger partial charge in [-0.2, -0.15) is 5.10 Å². The van der Waals surface area contributed by atoms with Crippen molar-refractivity contribution in [1.82, 2.24) is 9.78 Å². The number of rotatable bonds is 3. The van der Waals surface area contributed by atoms with Crippen LogP contribution in [0.25, 0.3) is 5.69 Å². The van der Waals surface area contributed by atoms with Crippen molar-refractivity contribution in [3.8, 4) is 11.4 Å².